The van der Waals surface area contributed by atoms with Gasteiger partial charge >= 0.3 is 0 Å². The molecule has 7 rings (SSSR count). The lowest BCUT2D eigenvalue weighted by molar-refractivity contribution is -0.00685. The zero-order chi connectivity index (χ0) is 14.4. The van der Waals surface area contributed by atoms with Gasteiger partial charge in [0.15, 0.2) is 0 Å². The van der Waals surface area contributed by atoms with Crippen molar-refractivity contribution in [3.05, 3.63) is 0 Å². The second-order valence-electron chi connectivity index (χ2n) is 11.7. The lowest BCUT2D eigenvalue weighted by Gasteiger charge is -2.48. The molecule has 22 heavy (non-hydrogen) atoms. The first-order valence-electron chi connectivity index (χ1n) is 10.6. The van der Waals surface area contributed by atoms with Gasteiger partial charge in [0.25, 0.3) is 0 Å². The molecule has 0 saturated heterocycles. The molecule has 0 aliphatic heterocycles. The largest absolute Gasteiger partial charge is 0.0599 e. The van der Waals surface area contributed by atoms with Crippen molar-refractivity contribution in [2.75, 3.05) is 0 Å². The van der Waals surface area contributed by atoms with Crippen molar-refractivity contribution in [1.29, 1.82) is 0 Å². The average Bonchev–Trinajstić information content (AvgIpc) is 3.25. The predicted octanol–water partition coefficient (Wildman–Crippen LogP) is 5.23. The summed E-state index contributed by atoms with van der Waals surface area (Å²) in [4.78, 5) is 0. The van der Waals surface area contributed by atoms with Gasteiger partial charge in [-0.2, -0.15) is 0 Å². The van der Waals surface area contributed by atoms with Gasteiger partial charge in [-0.1, -0.05) is 13.8 Å². The topological polar surface area (TPSA) is 0 Å². The van der Waals surface area contributed by atoms with Crippen LogP contribution in [-0.2, 0) is 0 Å². The van der Waals surface area contributed by atoms with Crippen molar-refractivity contribution in [2.24, 2.45) is 76.4 Å². The van der Waals surface area contributed by atoms with Gasteiger partial charge in [-0.3, -0.25) is 0 Å². The minimum absolute atomic E-state index is 0.679. The summed E-state index contributed by atoms with van der Waals surface area (Å²) in [6, 6.07) is 0. The molecule has 12 atom stereocenters. The van der Waals surface area contributed by atoms with E-state index in [2.05, 4.69) is 13.8 Å². The molecule has 0 aromatic rings. The molecule has 0 heterocycles. The highest BCUT2D eigenvalue weighted by Crippen LogP contribution is 2.79. The molecule has 0 N–H and O–H groups in total. The summed E-state index contributed by atoms with van der Waals surface area (Å²) in [5.41, 5.74) is 0.679. The van der Waals surface area contributed by atoms with E-state index in [0.29, 0.717) is 5.41 Å². The molecule has 0 aromatic heterocycles. The monoisotopic (exact) mass is 296 g/mol. The smallest absolute Gasteiger partial charge is 0.0318 e. The van der Waals surface area contributed by atoms with Crippen LogP contribution in [0.3, 0.4) is 0 Å². The Hall–Kier alpha value is 0. The van der Waals surface area contributed by atoms with E-state index in [-0.39, 0.29) is 0 Å². The molecule has 0 spiro atoms. The van der Waals surface area contributed by atoms with Gasteiger partial charge in [0.1, 0.15) is 0 Å². The third-order valence-corrected chi connectivity index (χ3v) is 10.8. The van der Waals surface area contributed by atoms with Crippen LogP contribution >= 0.6 is 0 Å². The van der Waals surface area contributed by atoms with Crippen molar-refractivity contribution in [3.8, 4) is 0 Å². The van der Waals surface area contributed by atoms with Crippen LogP contribution in [0.25, 0.3) is 0 Å². The predicted molar refractivity (Wildman–Crippen MR) is 88.0 cm³/mol. The van der Waals surface area contributed by atoms with E-state index in [4.69, 9.17) is 0 Å². The van der Waals surface area contributed by atoms with Crippen LogP contribution in [0, 0.1) is 76.4 Å². The maximum atomic E-state index is 2.57. The molecule has 0 aromatic carbocycles. The molecule has 6 bridgehead atoms. The number of hydrogen-bond donors (Lipinski definition) is 0. The van der Waals surface area contributed by atoms with Gasteiger partial charge in [0.2, 0.25) is 0 Å². The van der Waals surface area contributed by atoms with Crippen molar-refractivity contribution in [3.63, 3.8) is 0 Å². The average molecular weight is 296 g/mol. The van der Waals surface area contributed by atoms with Gasteiger partial charge in [-0.05, 0) is 121 Å². The Morgan fingerprint density at radius 3 is 1.59 bits per heavy atom. The Morgan fingerprint density at radius 2 is 1.05 bits per heavy atom. The SMILES string of the molecule is CC1(C)CC2C(C1)C1CC2C2C3CC(C4C5CCC(C5)C34)C12. The van der Waals surface area contributed by atoms with Crippen molar-refractivity contribution in [1.82, 2.24) is 0 Å². The van der Waals surface area contributed by atoms with Gasteiger partial charge in [0.05, 0.1) is 0 Å². The fraction of sp³-hybridized carbons (Fsp3) is 1.00. The molecule has 0 nitrogen and oxygen atoms in total. The summed E-state index contributed by atoms with van der Waals surface area (Å²) in [7, 11) is 0. The molecule has 7 saturated carbocycles. The molecule has 7 aliphatic rings. The molecule has 0 amide bonds. The van der Waals surface area contributed by atoms with Crippen LogP contribution in [0.2, 0.25) is 0 Å². The highest BCUT2D eigenvalue weighted by atomic mass is 14.8. The van der Waals surface area contributed by atoms with E-state index in [1.165, 1.54) is 59.2 Å². The maximum Gasteiger partial charge on any atom is -0.0318 e. The Labute approximate surface area is 135 Å². The van der Waals surface area contributed by atoms with E-state index in [1.54, 1.807) is 44.9 Å². The van der Waals surface area contributed by atoms with Gasteiger partial charge in [-0.15, -0.1) is 0 Å². The molecule has 0 heteroatoms. The van der Waals surface area contributed by atoms with Crippen LogP contribution < -0.4 is 0 Å². The summed E-state index contributed by atoms with van der Waals surface area (Å²) in [6.45, 7) is 5.15. The van der Waals surface area contributed by atoms with E-state index in [0.717, 1.165) is 11.8 Å². The van der Waals surface area contributed by atoms with Crippen LogP contribution in [0.15, 0.2) is 0 Å². The first-order valence-corrected chi connectivity index (χ1v) is 10.6. The maximum absolute atomic E-state index is 2.57. The lowest BCUT2D eigenvalue weighted by Crippen LogP contribution is -2.44. The second kappa shape index (κ2) is 3.50. The van der Waals surface area contributed by atoms with Crippen LogP contribution in [0.5, 0.6) is 0 Å². The Kier molecular flexibility index (Phi) is 1.97. The number of rotatable bonds is 0. The van der Waals surface area contributed by atoms with Crippen LogP contribution in [0.1, 0.15) is 58.8 Å². The molecule has 120 valence electrons. The second-order valence-corrected chi connectivity index (χ2v) is 11.7. The van der Waals surface area contributed by atoms with Crippen molar-refractivity contribution >= 4 is 0 Å². The van der Waals surface area contributed by atoms with E-state index in [9.17, 15) is 0 Å². The minimum Gasteiger partial charge on any atom is -0.0599 e. The molecule has 7 aliphatic carbocycles. The van der Waals surface area contributed by atoms with Crippen LogP contribution in [-0.4, -0.2) is 0 Å². The standard InChI is InChI=1S/C22H32/c1-22(2)8-16-12-6-13(17(16)9-22)21-15-7-14(20(12)21)18-10-3-4-11(5-10)19(15)18/h10-21H,3-9H2,1-2H3. The summed E-state index contributed by atoms with van der Waals surface area (Å²) in [5.74, 6) is 14.5. The first kappa shape index (κ1) is 12.4. The summed E-state index contributed by atoms with van der Waals surface area (Å²) in [6.07, 6.45) is 11.5. The molecular formula is C22H32. The fourth-order valence-corrected chi connectivity index (χ4v) is 11.0. The summed E-state index contributed by atoms with van der Waals surface area (Å²) in [5, 5.41) is 0. The zero-order valence-corrected chi connectivity index (χ0v) is 14.4. The molecule has 0 radical (unpaired) electrons. The molecule has 12 unspecified atom stereocenters. The minimum atomic E-state index is 0.679. The highest BCUT2D eigenvalue weighted by molar-refractivity contribution is 5.21. The quantitative estimate of drug-likeness (QED) is 0.537. The van der Waals surface area contributed by atoms with E-state index in [1.807, 2.05) is 0 Å². The Balaban J connectivity index is 1.29. The Bertz CT molecular complexity index is 502. The number of hydrogen-bond acceptors (Lipinski definition) is 0. The van der Waals surface area contributed by atoms with Gasteiger partial charge in [-0.25, -0.2) is 0 Å². The van der Waals surface area contributed by atoms with Crippen molar-refractivity contribution < 1.29 is 0 Å². The molecular weight excluding hydrogens is 264 g/mol. The lowest BCUT2D eigenvalue weighted by atomic mass is 9.57. The third-order valence-electron chi connectivity index (χ3n) is 10.8. The summed E-state index contributed by atoms with van der Waals surface area (Å²) < 4.78 is 0. The van der Waals surface area contributed by atoms with Crippen molar-refractivity contribution in [2.45, 2.75) is 58.8 Å². The number of fused-ring (bicyclic) bond motifs is 19. The van der Waals surface area contributed by atoms with Gasteiger partial charge in [0, 0.05) is 0 Å². The zero-order valence-electron chi connectivity index (χ0n) is 14.4. The normalized spacial score (nSPS) is 71.2. The summed E-state index contributed by atoms with van der Waals surface area (Å²) >= 11 is 0. The van der Waals surface area contributed by atoms with E-state index >= 15 is 0 Å². The highest BCUT2D eigenvalue weighted by Gasteiger charge is 2.73. The van der Waals surface area contributed by atoms with Gasteiger partial charge < -0.3 is 0 Å². The fourth-order valence-electron chi connectivity index (χ4n) is 11.0. The molecule has 7 fully saturated rings. The van der Waals surface area contributed by atoms with Crippen LogP contribution in [0.4, 0.5) is 0 Å². The third kappa shape index (κ3) is 1.16. The Morgan fingerprint density at radius 1 is 0.545 bits per heavy atom. The first-order chi connectivity index (χ1) is 10.6. The van der Waals surface area contributed by atoms with E-state index < -0.39 is 0 Å².